The molecule has 534 valence electrons. The minimum absolute atomic E-state index is 0.215. The molecule has 14 N–H and O–H groups in total. The molecule has 2 amide bonds. The van der Waals surface area contributed by atoms with E-state index in [4.69, 9.17) is 28.4 Å². The third-order valence-electron chi connectivity index (χ3n) is 18.2. The molecular formula is C68H126N2O21. The van der Waals surface area contributed by atoms with E-state index in [9.17, 15) is 75.7 Å². The average molecular weight is 1310 g/mol. The summed E-state index contributed by atoms with van der Waals surface area (Å²) in [6.45, 7) is 2.22. The van der Waals surface area contributed by atoms with Gasteiger partial charge in [0.05, 0.1) is 50.7 Å². The van der Waals surface area contributed by atoms with E-state index < -0.39 is 148 Å². The molecule has 0 aromatic rings. The van der Waals surface area contributed by atoms with E-state index in [0.29, 0.717) is 19.3 Å². The largest absolute Gasteiger partial charge is 0.477 e. The Morgan fingerprint density at radius 3 is 1.48 bits per heavy atom. The lowest BCUT2D eigenvalue weighted by Gasteiger charge is -2.50. The van der Waals surface area contributed by atoms with Gasteiger partial charge in [-0.3, -0.25) is 9.59 Å². The van der Waals surface area contributed by atoms with Crippen molar-refractivity contribution in [1.82, 2.24) is 10.6 Å². The summed E-state index contributed by atoms with van der Waals surface area (Å²) in [5, 5.41) is 136. The maximum Gasteiger partial charge on any atom is 0.364 e. The number of carboxylic acid groups (broad SMARTS) is 1. The molecule has 3 aliphatic rings. The van der Waals surface area contributed by atoms with Crippen molar-refractivity contribution in [2.45, 2.75) is 375 Å². The number of aliphatic hydroxyl groups is 11. The fraction of sp³-hybridized carbons (Fsp3) is 0.926. The molecule has 3 saturated heterocycles. The molecule has 23 nitrogen and oxygen atoms in total. The van der Waals surface area contributed by atoms with E-state index in [1.807, 2.05) is 0 Å². The predicted molar refractivity (Wildman–Crippen MR) is 343 cm³/mol. The van der Waals surface area contributed by atoms with Gasteiger partial charge in [0.1, 0.15) is 67.1 Å². The first-order valence-electron chi connectivity index (χ1n) is 35.5. The van der Waals surface area contributed by atoms with Crippen molar-refractivity contribution in [3.05, 3.63) is 12.2 Å². The molecule has 0 radical (unpaired) electrons. The number of hydrogen-bond donors (Lipinski definition) is 14. The fourth-order valence-corrected chi connectivity index (χ4v) is 12.5. The molecule has 0 aliphatic carbocycles. The molecule has 3 aliphatic heterocycles. The van der Waals surface area contributed by atoms with Crippen molar-refractivity contribution < 1.29 is 104 Å². The quantitative estimate of drug-likeness (QED) is 0.0223. The first-order valence-corrected chi connectivity index (χ1v) is 35.5. The van der Waals surface area contributed by atoms with Crippen molar-refractivity contribution in [2.75, 3.05) is 26.4 Å². The van der Waals surface area contributed by atoms with E-state index in [1.54, 1.807) is 0 Å². The van der Waals surface area contributed by atoms with E-state index in [-0.39, 0.29) is 18.9 Å². The molecule has 91 heavy (non-hydrogen) atoms. The van der Waals surface area contributed by atoms with Gasteiger partial charge in [0, 0.05) is 19.8 Å². The Kier molecular flexibility index (Phi) is 44.6. The highest BCUT2D eigenvalue weighted by atomic mass is 16.8. The van der Waals surface area contributed by atoms with Crippen LogP contribution in [0.15, 0.2) is 12.2 Å². The summed E-state index contributed by atoms with van der Waals surface area (Å²) in [4.78, 5) is 38.6. The molecule has 3 rings (SSSR count). The number of nitrogens with one attached hydrogen (secondary N) is 2. The number of carboxylic acids is 1. The van der Waals surface area contributed by atoms with Crippen molar-refractivity contribution >= 4 is 17.8 Å². The number of allylic oxidation sites excluding steroid dienone is 2. The third-order valence-corrected chi connectivity index (χ3v) is 18.2. The summed E-state index contributed by atoms with van der Waals surface area (Å²) >= 11 is 0. The number of carbonyl (C=O) groups is 3. The fourth-order valence-electron chi connectivity index (χ4n) is 12.5. The topological polar surface area (TPSA) is 373 Å². The van der Waals surface area contributed by atoms with Gasteiger partial charge in [-0.2, -0.15) is 0 Å². The second-order valence-corrected chi connectivity index (χ2v) is 26.1. The lowest BCUT2D eigenvalue weighted by atomic mass is 9.88. The van der Waals surface area contributed by atoms with Crippen LogP contribution in [0.4, 0.5) is 0 Å². The number of hydrogen-bond acceptors (Lipinski definition) is 20. The summed E-state index contributed by atoms with van der Waals surface area (Å²) in [6.07, 6.45) is 17.8. The van der Waals surface area contributed by atoms with Crippen molar-refractivity contribution in [3.63, 3.8) is 0 Å². The maximum absolute atomic E-state index is 13.5. The third kappa shape index (κ3) is 31.5. The molecule has 0 aromatic carbocycles. The average Bonchev–Trinajstić information content (AvgIpc) is 0.791. The van der Waals surface area contributed by atoms with Gasteiger partial charge in [-0.05, 0) is 38.5 Å². The summed E-state index contributed by atoms with van der Waals surface area (Å²) < 4.78 is 34.9. The number of aliphatic carboxylic acids is 1. The van der Waals surface area contributed by atoms with Gasteiger partial charge in [0.2, 0.25) is 11.8 Å². The number of ether oxygens (including phenoxy) is 6. The molecule has 0 bridgehead atoms. The van der Waals surface area contributed by atoms with E-state index in [0.717, 1.165) is 71.1 Å². The van der Waals surface area contributed by atoms with Crippen LogP contribution in [0.3, 0.4) is 0 Å². The number of rotatable bonds is 54. The van der Waals surface area contributed by atoms with Gasteiger partial charge in [-0.1, -0.05) is 219 Å². The zero-order valence-corrected chi connectivity index (χ0v) is 55.7. The van der Waals surface area contributed by atoms with Crippen LogP contribution in [0.5, 0.6) is 0 Å². The summed E-state index contributed by atoms with van der Waals surface area (Å²) in [5.74, 6) is -6.11. The second kappa shape index (κ2) is 49.1. The van der Waals surface area contributed by atoms with Crippen molar-refractivity contribution in [1.29, 1.82) is 0 Å². The number of carbonyl (C=O) groups excluding carboxylic acids is 2. The van der Waals surface area contributed by atoms with Crippen molar-refractivity contribution in [3.8, 4) is 0 Å². The van der Waals surface area contributed by atoms with E-state index in [1.165, 1.54) is 148 Å². The lowest BCUT2D eigenvalue weighted by Crippen LogP contribution is -2.70. The minimum atomic E-state index is -3.08. The molecule has 3 fully saturated rings. The van der Waals surface area contributed by atoms with Gasteiger partial charge in [-0.25, -0.2) is 4.79 Å². The zero-order chi connectivity index (χ0) is 66.8. The highest BCUT2D eigenvalue weighted by molar-refractivity contribution is 5.77. The molecule has 0 spiro atoms. The Morgan fingerprint density at radius 2 is 1.02 bits per heavy atom. The molecule has 0 saturated carbocycles. The Hall–Kier alpha value is -2.53. The van der Waals surface area contributed by atoms with E-state index in [2.05, 4.69) is 36.6 Å². The minimum Gasteiger partial charge on any atom is -0.477 e. The smallest absolute Gasteiger partial charge is 0.364 e. The number of amides is 2. The van der Waals surface area contributed by atoms with Crippen LogP contribution >= 0.6 is 0 Å². The highest BCUT2D eigenvalue weighted by Gasteiger charge is 2.60. The maximum atomic E-state index is 13.5. The van der Waals surface area contributed by atoms with Gasteiger partial charge in [0.15, 0.2) is 12.6 Å². The summed E-state index contributed by atoms with van der Waals surface area (Å²) in [6, 6.07) is -2.53. The Balaban J connectivity index is 1.59. The first kappa shape index (κ1) is 82.7. The molecular weight excluding hydrogens is 1180 g/mol. The SMILES string of the molecule is CCCCCCCCCCC/C=C\CCCCCCCC(=O)NC(COC1OC(CO)C(OC2OC(CO)C(O)C(OC3(C(=O)O)CC(O)C(NC(C)=O)C(C(O)C(O)CO)O3)C2O)C(O)C1O)C(O)CCCCCCCCCCCCCCCCCCCCC. The molecule has 23 heteroatoms. The van der Waals surface area contributed by atoms with Crippen molar-refractivity contribution in [2.24, 2.45) is 0 Å². The van der Waals surface area contributed by atoms with Crippen LogP contribution in [0.1, 0.15) is 265 Å². The molecule has 3 heterocycles. The normalized spacial score (nSPS) is 28.4. The molecule has 18 atom stereocenters. The van der Waals surface area contributed by atoms with Gasteiger partial charge < -0.3 is 100 Å². The Morgan fingerprint density at radius 1 is 0.560 bits per heavy atom. The number of aliphatic hydroxyl groups excluding tert-OH is 11. The standard InChI is InChI=1S/C68H126N2O21/c1-4-6-8-10-12-14-16-18-20-22-24-25-27-29-31-33-35-37-39-41-50(75)49(70-55(78)42-40-38-36-34-32-30-28-26-23-21-19-17-15-13-11-9-7-5-2)47-86-65-60(82)59(81)62(54(46-73)88-65)89-66-61(83)64(58(80)53(45-72)87-66)91-68(67(84)85)43-51(76)56(69-48(3)74)63(90-68)57(79)52(77)44-71/h26,28,49-54,56-66,71-73,75-77,79-83H,4-25,27,29-47H2,1-3H3,(H,69,74)(H,70,78)(H,84,85)/b28-26-. The molecule has 0 aromatic heterocycles. The van der Waals surface area contributed by atoms with E-state index >= 15 is 0 Å². The van der Waals surface area contributed by atoms with Crippen LogP contribution in [0.2, 0.25) is 0 Å². The van der Waals surface area contributed by atoms with Crippen LogP contribution in [0, 0.1) is 0 Å². The Bertz CT molecular complexity index is 1890. The Labute approximate surface area is 543 Å². The lowest BCUT2D eigenvalue weighted by molar-refractivity contribution is -0.386. The van der Waals surface area contributed by atoms with Crippen LogP contribution in [-0.2, 0) is 42.8 Å². The molecule has 18 unspecified atom stereocenters. The van der Waals surface area contributed by atoms with Gasteiger partial charge >= 0.3 is 5.97 Å². The van der Waals surface area contributed by atoms with Crippen LogP contribution in [-0.4, -0.2) is 215 Å². The monoisotopic (exact) mass is 1310 g/mol. The number of unbranched alkanes of at least 4 members (excludes halogenated alkanes) is 32. The first-order chi connectivity index (χ1) is 43.9. The van der Waals surface area contributed by atoms with Crippen LogP contribution in [0.25, 0.3) is 0 Å². The second-order valence-electron chi connectivity index (χ2n) is 26.1. The highest BCUT2D eigenvalue weighted by Crippen LogP contribution is 2.39. The van der Waals surface area contributed by atoms with Gasteiger partial charge in [-0.15, -0.1) is 0 Å². The van der Waals surface area contributed by atoms with Crippen LogP contribution < -0.4 is 10.6 Å². The summed E-state index contributed by atoms with van der Waals surface area (Å²) in [5.41, 5.74) is 0. The predicted octanol–water partition coefficient (Wildman–Crippen LogP) is 6.68. The zero-order valence-electron chi connectivity index (χ0n) is 55.7. The van der Waals surface area contributed by atoms with Gasteiger partial charge in [0.25, 0.3) is 5.79 Å². The summed E-state index contributed by atoms with van der Waals surface area (Å²) in [7, 11) is 0.